The molecule has 0 aliphatic heterocycles. The molecule has 1 fully saturated rings. The third-order valence-corrected chi connectivity index (χ3v) is 2.68. The molecule has 15 heavy (non-hydrogen) atoms. The number of hydrogen-bond acceptors (Lipinski definition) is 3. The first-order valence-corrected chi connectivity index (χ1v) is 5.04. The highest BCUT2D eigenvalue weighted by atomic mass is 19.4. The molecule has 0 bridgehead atoms. The van der Waals surface area contributed by atoms with E-state index in [-0.39, 0.29) is 13.2 Å². The maximum absolute atomic E-state index is 12.2. The zero-order valence-electron chi connectivity index (χ0n) is 8.37. The van der Waals surface area contributed by atoms with Crippen LogP contribution in [0.3, 0.4) is 0 Å². The summed E-state index contributed by atoms with van der Waals surface area (Å²) in [6, 6.07) is -0.459. The van der Waals surface area contributed by atoms with E-state index < -0.39 is 24.9 Å². The Labute approximate surface area is 86.5 Å². The molecule has 0 amide bonds. The fraction of sp³-hybridized carbons (Fsp3) is 1.00. The van der Waals surface area contributed by atoms with E-state index in [1.165, 1.54) is 0 Å². The Bertz CT molecular complexity index is 198. The molecule has 6 heteroatoms. The molecule has 90 valence electrons. The van der Waals surface area contributed by atoms with Crippen LogP contribution < -0.4 is 0 Å². The molecule has 0 unspecified atom stereocenters. The van der Waals surface area contributed by atoms with Gasteiger partial charge in [-0.2, -0.15) is 13.2 Å². The van der Waals surface area contributed by atoms with Crippen molar-refractivity contribution in [1.29, 1.82) is 0 Å². The molecule has 1 aliphatic carbocycles. The molecule has 1 rings (SSSR count). The number of aliphatic hydroxyl groups excluding tert-OH is 2. The minimum atomic E-state index is -4.28. The van der Waals surface area contributed by atoms with E-state index in [0.717, 1.165) is 11.3 Å². The van der Waals surface area contributed by atoms with Gasteiger partial charge < -0.3 is 10.2 Å². The van der Waals surface area contributed by atoms with Crippen LogP contribution in [0, 0.1) is 0 Å². The lowest BCUT2D eigenvalue weighted by Gasteiger charge is -2.30. The van der Waals surface area contributed by atoms with Crippen LogP contribution in [-0.2, 0) is 0 Å². The molecule has 3 nitrogen and oxygen atoms in total. The molecule has 0 heterocycles. The summed E-state index contributed by atoms with van der Waals surface area (Å²) < 4.78 is 36.6. The van der Waals surface area contributed by atoms with Crippen molar-refractivity contribution in [2.24, 2.45) is 0 Å². The summed E-state index contributed by atoms with van der Waals surface area (Å²) in [6.07, 6.45) is -3.12. The number of alkyl halides is 3. The van der Waals surface area contributed by atoms with Crippen molar-refractivity contribution in [2.75, 3.05) is 19.7 Å². The van der Waals surface area contributed by atoms with Gasteiger partial charge in [0, 0.05) is 12.6 Å². The average molecular weight is 227 g/mol. The Morgan fingerprint density at radius 2 is 1.93 bits per heavy atom. The summed E-state index contributed by atoms with van der Waals surface area (Å²) in [4.78, 5) is 1.12. The lowest BCUT2D eigenvalue weighted by Crippen LogP contribution is -2.46. The summed E-state index contributed by atoms with van der Waals surface area (Å²) in [5.41, 5.74) is 0. The highest BCUT2D eigenvalue weighted by Gasteiger charge is 2.37. The van der Waals surface area contributed by atoms with E-state index in [1.54, 1.807) is 0 Å². The first-order chi connectivity index (χ1) is 6.94. The third-order valence-electron chi connectivity index (χ3n) is 2.68. The van der Waals surface area contributed by atoms with E-state index >= 15 is 0 Å². The summed E-state index contributed by atoms with van der Waals surface area (Å²) in [7, 11) is 0. The lowest BCUT2D eigenvalue weighted by molar-refractivity contribution is -0.155. The van der Waals surface area contributed by atoms with Crippen LogP contribution in [0.15, 0.2) is 0 Å². The maximum Gasteiger partial charge on any atom is 0.401 e. The Kier molecular flexibility index (Phi) is 4.36. The van der Waals surface area contributed by atoms with Crippen molar-refractivity contribution < 1.29 is 23.4 Å². The Morgan fingerprint density at radius 3 is 2.33 bits per heavy atom. The fourth-order valence-corrected chi connectivity index (χ4v) is 2.07. The van der Waals surface area contributed by atoms with Gasteiger partial charge in [-0.3, -0.25) is 4.90 Å². The SMILES string of the molecule is OCCN(CC(F)(F)F)[C@H]1CCC[C@@H]1O. The molecule has 0 aromatic rings. The van der Waals surface area contributed by atoms with E-state index in [2.05, 4.69) is 0 Å². The van der Waals surface area contributed by atoms with Gasteiger partial charge in [0.15, 0.2) is 0 Å². The molecule has 2 atom stereocenters. The average Bonchev–Trinajstić information content (AvgIpc) is 2.48. The first-order valence-electron chi connectivity index (χ1n) is 5.04. The van der Waals surface area contributed by atoms with Gasteiger partial charge in [0.1, 0.15) is 0 Å². The molecule has 2 N–H and O–H groups in total. The molecule has 1 aliphatic rings. The second-order valence-electron chi connectivity index (χ2n) is 3.87. The molecular weight excluding hydrogens is 211 g/mol. The van der Waals surface area contributed by atoms with Gasteiger partial charge in [0.25, 0.3) is 0 Å². The molecule has 0 radical (unpaired) electrons. The number of hydrogen-bond donors (Lipinski definition) is 2. The first kappa shape index (κ1) is 12.7. The van der Waals surface area contributed by atoms with Gasteiger partial charge >= 0.3 is 6.18 Å². The van der Waals surface area contributed by atoms with Gasteiger partial charge in [-0.25, -0.2) is 0 Å². The van der Waals surface area contributed by atoms with Crippen molar-refractivity contribution in [3.8, 4) is 0 Å². The summed E-state index contributed by atoms with van der Waals surface area (Å²) in [5.74, 6) is 0. The highest BCUT2D eigenvalue weighted by molar-refractivity contribution is 4.86. The van der Waals surface area contributed by atoms with Crippen molar-refractivity contribution in [3.05, 3.63) is 0 Å². The summed E-state index contributed by atoms with van der Waals surface area (Å²) in [6.45, 7) is -1.42. The Morgan fingerprint density at radius 1 is 1.27 bits per heavy atom. The second-order valence-corrected chi connectivity index (χ2v) is 3.87. The molecule has 0 aromatic carbocycles. The van der Waals surface area contributed by atoms with Crippen molar-refractivity contribution in [1.82, 2.24) is 4.90 Å². The minimum absolute atomic E-state index is 0.0404. The number of nitrogens with zero attached hydrogens (tertiary/aromatic N) is 1. The summed E-state index contributed by atoms with van der Waals surface area (Å²) in [5, 5.41) is 18.2. The maximum atomic E-state index is 12.2. The summed E-state index contributed by atoms with van der Waals surface area (Å²) >= 11 is 0. The van der Waals surface area contributed by atoms with Crippen LogP contribution in [0.1, 0.15) is 19.3 Å². The van der Waals surface area contributed by atoms with Crippen LogP contribution in [0.25, 0.3) is 0 Å². The van der Waals surface area contributed by atoms with Crippen LogP contribution in [0.4, 0.5) is 13.2 Å². The molecule has 0 saturated heterocycles. The molecule has 0 spiro atoms. The van der Waals surface area contributed by atoms with Gasteiger partial charge in [-0.1, -0.05) is 0 Å². The van der Waals surface area contributed by atoms with Crippen LogP contribution in [0.5, 0.6) is 0 Å². The van der Waals surface area contributed by atoms with Crippen molar-refractivity contribution in [3.63, 3.8) is 0 Å². The number of halogens is 3. The third kappa shape index (κ3) is 3.96. The van der Waals surface area contributed by atoms with E-state index in [1.807, 2.05) is 0 Å². The Balaban J connectivity index is 2.56. The van der Waals surface area contributed by atoms with Crippen LogP contribution in [-0.4, -0.2) is 53.1 Å². The smallest absolute Gasteiger partial charge is 0.395 e. The standard InChI is InChI=1S/C9H16F3NO2/c10-9(11,12)6-13(4-5-14)7-2-1-3-8(7)15/h7-8,14-15H,1-6H2/t7-,8-/m0/s1. The van der Waals surface area contributed by atoms with Gasteiger partial charge in [-0.15, -0.1) is 0 Å². The fourth-order valence-electron chi connectivity index (χ4n) is 2.07. The highest BCUT2D eigenvalue weighted by Crippen LogP contribution is 2.27. The molecule has 1 saturated carbocycles. The van der Waals surface area contributed by atoms with Gasteiger partial charge in [-0.05, 0) is 19.3 Å². The Hall–Kier alpha value is -0.330. The van der Waals surface area contributed by atoms with Crippen LogP contribution in [0.2, 0.25) is 0 Å². The predicted molar refractivity (Wildman–Crippen MR) is 48.4 cm³/mol. The number of rotatable bonds is 4. The molecular formula is C9H16F3NO2. The molecule has 0 aromatic heterocycles. The zero-order chi connectivity index (χ0) is 11.5. The van der Waals surface area contributed by atoms with Gasteiger partial charge in [0.05, 0.1) is 19.3 Å². The van der Waals surface area contributed by atoms with E-state index in [9.17, 15) is 18.3 Å². The van der Waals surface area contributed by atoms with E-state index in [4.69, 9.17) is 5.11 Å². The monoisotopic (exact) mass is 227 g/mol. The topological polar surface area (TPSA) is 43.7 Å². The van der Waals surface area contributed by atoms with Gasteiger partial charge in [0.2, 0.25) is 0 Å². The quantitative estimate of drug-likeness (QED) is 0.745. The zero-order valence-corrected chi connectivity index (χ0v) is 8.37. The van der Waals surface area contributed by atoms with Crippen molar-refractivity contribution in [2.45, 2.75) is 37.6 Å². The minimum Gasteiger partial charge on any atom is -0.395 e. The van der Waals surface area contributed by atoms with E-state index in [0.29, 0.717) is 12.8 Å². The second kappa shape index (κ2) is 5.14. The lowest BCUT2D eigenvalue weighted by atomic mass is 10.2. The number of aliphatic hydroxyl groups is 2. The predicted octanol–water partition coefficient (Wildman–Crippen LogP) is 0.756. The van der Waals surface area contributed by atoms with Crippen LogP contribution >= 0.6 is 0 Å². The largest absolute Gasteiger partial charge is 0.401 e. The normalized spacial score (nSPS) is 27.6. The van der Waals surface area contributed by atoms with Crippen molar-refractivity contribution >= 4 is 0 Å².